The first-order valence-corrected chi connectivity index (χ1v) is 8.57. The molecule has 0 aliphatic rings. The van der Waals surface area contributed by atoms with E-state index in [1.165, 1.54) is 4.88 Å². The first-order chi connectivity index (χ1) is 11.9. The van der Waals surface area contributed by atoms with Crippen LogP contribution in [0.1, 0.15) is 0 Å². The smallest absolute Gasteiger partial charge is 0.347 e. The van der Waals surface area contributed by atoms with Gasteiger partial charge in [0.25, 0.3) is 0 Å². The van der Waals surface area contributed by atoms with Crippen molar-refractivity contribution in [3.05, 3.63) is 84.2 Å². The Kier molecular flexibility index (Phi) is 5.61. The molecule has 1 N–H and O–H groups in total. The number of aromatic amines is 1. The number of hydrogen-bond donors (Lipinski definition) is 1. The molecule has 3 nitrogen and oxygen atoms in total. The van der Waals surface area contributed by atoms with Crippen molar-refractivity contribution in [1.82, 2.24) is 15.0 Å². The van der Waals surface area contributed by atoms with E-state index < -0.39 is 0 Å². The Bertz CT molecular complexity index is 948. The van der Waals surface area contributed by atoms with Gasteiger partial charge >= 0.3 is 17.1 Å². The first-order valence-electron chi connectivity index (χ1n) is 7.69. The normalized spacial score (nSPS) is 10.1. The van der Waals surface area contributed by atoms with Crippen molar-refractivity contribution >= 4 is 22.5 Å². The molecule has 0 spiro atoms. The zero-order valence-corrected chi connectivity index (χ0v) is 15.2. The van der Waals surface area contributed by atoms with Crippen molar-refractivity contribution < 1.29 is 17.1 Å². The van der Waals surface area contributed by atoms with E-state index in [0.717, 1.165) is 28.2 Å². The fourth-order valence-corrected chi connectivity index (χ4v) is 3.14. The predicted molar refractivity (Wildman–Crippen MR) is 100 cm³/mol. The predicted octanol–water partition coefficient (Wildman–Crippen LogP) is 5.48. The number of nitrogens with one attached hydrogen (secondary N) is 1. The quantitative estimate of drug-likeness (QED) is 0.323. The van der Waals surface area contributed by atoms with Crippen LogP contribution in [0.2, 0.25) is 0 Å². The third-order valence-electron chi connectivity index (χ3n) is 3.61. The fourth-order valence-electron chi connectivity index (χ4n) is 2.44. The van der Waals surface area contributed by atoms with E-state index in [0.29, 0.717) is 0 Å². The third kappa shape index (κ3) is 3.97. The Labute approximate surface area is 160 Å². The standard InChI is InChI=1S/C15H10N3S.C5H5.Fe/c1-2-5-10(4-1)14-17-12-8-7-11(16-15(12)18-14)13-6-3-9-19-13;1-2-4-5-3-1;/h1-9H,(H,16,17,18);1-5H;/q2*-1;+2. The van der Waals surface area contributed by atoms with Crippen molar-refractivity contribution in [1.29, 1.82) is 0 Å². The number of rotatable bonds is 2. The van der Waals surface area contributed by atoms with Crippen LogP contribution in [0.3, 0.4) is 0 Å². The van der Waals surface area contributed by atoms with Gasteiger partial charge in [0.05, 0.1) is 21.9 Å². The number of aromatic nitrogens is 3. The van der Waals surface area contributed by atoms with E-state index >= 15 is 0 Å². The summed E-state index contributed by atoms with van der Waals surface area (Å²) in [7, 11) is 0. The second kappa shape index (κ2) is 8.08. The molecule has 0 bridgehead atoms. The minimum Gasteiger partial charge on any atom is -0.347 e. The number of fused-ring (bicyclic) bond motifs is 1. The molecule has 0 amide bonds. The summed E-state index contributed by atoms with van der Waals surface area (Å²) in [6.07, 6.45) is 0. The summed E-state index contributed by atoms with van der Waals surface area (Å²) in [5.74, 6) is 0.871. The molecular weight excluding hydrogens is 370 g/mol. The van der Waals surface area contributed by atoms with Crippen LogP contribution in [0.5, 0.6) is 0 Å². The van der Waals surface area contributed by atoms with Gasteiger partial charge in [-0.05, 0) is 23.6 Å². The molecule has 5 rings (SSSR count). The number of nitrogens with zero attached hydrogens (tertiary/aromatic N) is 2. The minimum atomic E-state index is 0. The van der Waals surface area contributed by atoms with Crippen LogP contribution in [0, 0.1) is 0 Å². The average Bonchev–Trinajstić information content (AvgIpc) is 3.45. The van der Waals surface area contributed by atoms with Crippen LogP contribution in [0.4, 0.5) is 0 Å². The summed E-state index contributed by atoms with van der Waals surface area (Å²) < 4.78 is 0. The molecule has 25 heavy (non-hydrogen) atoms. The Morgan fingerprint density at radius 3 is 2.36 bits per heavy atom. The van der Waals surface area contributed by atoms with Crippen LogP contribution in [0.25, 0.3) is 33.1 Å². The molecule has 0 saturated heterocycles. The minimum absolute atomic E-state index is 0. The summed E-state index contributed by atoms with van der Waals surface area (Å²) in [5.41, 5.74) is 3.80. The zero-order valence-electron chi connectivity index (χ0n) is 13.2. The van der Waals surface area contributed by atoms with Gasteiger partial charge in [-0.2, -0.15) is 30.3 Å². The Morgan fingerprint density at radius 2 is 1.72 bits per heavy atom. The molecule has 0 saturated carbocycles. The summed E-state index contributed by atoms with van der Waals surface area (Å²) in [6.45, 7) is 0. The van der Waals surface area contributed by atoms with Crippen LogP contribution < -0.4 is 0 Å². The molecule has 5 aromatic rings. The molecule has 124 valence electrons. The molecule has 5 heteroatoms. The Balaban J connectivity index is 0.000000264. The molecule has 0 fully saturated rings. The second-order valence-electron chi connectivity index (χ2n) is 5.27. The van der Waals surface area contributed by atoms with E-state index in [9.17, 15) is 0 Å². The SMILES string of the molecule is [Fe+2].c1cc[cH-]c1.c1csc(-c2ccc3[nH]c(-[c-]4cccc4)nc3n2)c1. The number of imidazole rings is 1. The number of H-pyrrole nitrogens is 1. The maximum atomic E-state index is 4.62. The van der Waals surface area contributed by atoms with Crippen molar-refractivity contribution in [2.24, 2.45) is 0 Å². The van der Waals surface area contributed by atoms with Gasteiger partial charge in [-0.25, -0.2) is 34.2 Å². The molecule has 0 radical (unpaired) electrons. The summed E-state index contributed by atoms with van der Waals surface area (Å²) in [6, 6.07) is 26.3. The molecule has 0 atom stereocenters. The number of pyridine rings is 1. The van der Waals surface area contributed by atoms with Crippen molar-refractivity contribution in [2.45, 2.75) is 0 Å². The van der Waals surface area contributed by atoms with Gasteiger partial charge in [0.15, 0.2) is 5.65 Å². The van der Waals surface area contributed by atoms with E-state index in [1.807, 2.05) is 72.8 Å². The molecule has 0 unspecified atom stereocenters. The number of hydrogen-bond acceptors (Lipinski definition) is 3. The van der Waals surface area contributed by atoms with Crippen LogP contribution in [-0.4, -0.2) is 15.0 Å². The maximum absolute atomic E-state index is 4.62. The largest absolute Gasteiger partial charge is 2.00 e. The summed E-state index contributed by atoms with van der Waals surface area (Å²) in [4.78, 5) is 13.6. The Hall–Kier alpha value is -2.46. The van der Waals surface area contributed by atoms with Gasteiger partial charge in [-0.1, -0.05) is 11.6 Å². The number of thiophene rings is 1. The Morgan fingerprint density at radius 1 is 0.920 bits per heavy atom. The van der Waals surface area contributed by atoms with Gasteiger partial charge in [0, 0.05) is 0 Å². The van der Waals surface area contributed by atoms with Gasteiger partial charge in [0.2, 0.25) is 0 Å². The van der Waals surface area contributed by atoms with Crippen molar-refractivity contribution in [2.75, 3.05) is 0 Å². The third-order valence-corrected chi connectivity index (χ3v) is 4.50. The van der Waals surface area contributed by atoms with Crippen LogP contribution >= 0.6 is 11.3 Å². The van der Waals surface area contributed by atoms with Gasteiger partial charge in [-0.3, -0.25) is 0 Å². The second-order valence-corrected chi connectivity index (χ2v) is 6.21. The summed E-state index contributed by atoms with van der Waals surface area (Å²) >= 11 is 1.69. The van der Waals surface area contributed by atoms with Crippen LogP contribution in [0.15, 0.2) is 84.2 Å². The van der Waals surface area contributed by atoms with Crippen molar-refractivity contribution in [3.8, 4) is 22.0 Å². The molecular formula is C20H15FeN3S. The molecule has 0 aliphatic heterocycles. The van der Waals surface area contributed by atoms with E-state index in [1.54, 1.807) is 11.3 Å². The van der Waals surface area contributed by atoms with Crippen LogP contribution in [-0.2, 0) is 17.1 Å². The maximum Gasteiger partial charge on any atom is 2.00 e. The molecule has 2 aromatic carbocycles. The van der Waals surface area contributed by atoms with Crippen molar-refractivity contribution in [3.63, 3.8) is 0 Å². The van der Waals surface area contributed by atoms with E-state index in [4.69, 9.17) is 0 Å². The van der Waals surface area contributed by atoms with E-state index in [-0.39, 0.29) is 17.1 Å². The van der Waals surface area contributed by atoms with Gasteiger partial charge < -0.3 is 4.98 Å². The van der Waals surface area contributed by atoms with Gasteiger partial charge in [-0.15, -0.1) is 11.3 Å². The monoisotopic (exact) mass is 385 g/mol. The molecule has 0 aliphatic carbocycles. The first kappa shape index (κ1) is 17.4. The topological polar surface area (TPSA) is 41.6 Å². The fraction of sp³-hybridized carbons (Fsp3) is 0. The molecule has 3 aromatic heterocycles. The average molecular weight is 385 g/mol. The summed E-state index contributed by atoms with van der Waals surface area (Å²) in [5, 5.41) is 2.06. The van der Waals surface area contributed by atoms with E-state index in [2.05, 4.69) is 26.4 Å². The van der Waals surface area contributed by atoms with Gasteiger partial charge in [0.1, 0.15) is 0 Å². The zero-order chi connectivity index (χ0) is 16.2. The molecule has 3 heterocycles.